The van der Waals surface area contributed by atoms with Crippen molar-refractivity contribution in [2.75, 3.05) is 13.2 Å². The molecule has 0 bridgehead atoms. The van der Waals surface area contributed by atoms with E-state index in [1.807, 2.05) is 19.9 Å². The molecule has 0 saturated heterocycles. The number of carbonyl (C=O) groups is 1. The van der Waals surface area contributed by atoms with Crippen LogP contribution in [0.4, 0.5) is 0 Å². The van der Waals surface area contributed by atoms with Crippen molar-refractivity contribution < 1.29 is 9.90 Å². The van der Waals surface area contributed by atoms with E-state index in [0.29, 0.717) is 6.54 Å². The van der Waals surface area contributed by atoms with Crippen LogP contribution in [0, 0.1) is 19.3 Å². The monoisotopic (exact) mass is 283 g/mol. The molecule has 0 saturated carbocycles. The summed E-state index contributed by atoms with van der Waals surface area (Å²) in [4.78, 5) is 14.4. The molecular formula is C15H25NO2S. The Hall–Kier alpha value is -0.870. The van der Waals surface area contributed by atoms with Crippen molar-refractivity contribution in [3.05, 3.63) is 21.4 Å². The molecule has 3 nitrogen and oxygen atoms in total. The van der Waals surface area contributed by atoms with E-state index in [9.17, 15) is 9.90 Å². The zero-order chi connectivity index (χ0) is 14.5. The maximum atomic E-state index is 12.2. The largest absolute Gasteiger partial charge is 0.396 e. The molecule has 0 aliphatic rings. The lowest BCUT2D eigenvalue weighted by Gasteiger charge is -2.31. The zero-order valence-corrected chi connectivity index (χ0v) is 13.2. The molecular weight excluding hydrogens is 258 g/mol. The van der Waals surface area contributed by atoms with Crippen LogP contribution in [-0.4, -0.2) is 24.2 Å². The molecule has 0 radical (unpaired) electrons. The zero-order valence-electron chi connectivity index (χ0n) is 12.4. The molecule has 0 fully saturated rings. The van der Waals surface area contributed by atoms with Crippen molar-refractivity contribution in [3.63, 3.8) is 0 Å². The fraction of sp³-hybridized carbons (Fsp3) is 0.667. The van der Waals surface area contributed by atoms with E-state index in [0.717, 1.165) is 34.6 Å². The van der Waals surface area contributed by atoms with Gasteiger partial charge in [0.25, 0.3) is 5.91 Å². The number of amides is 1. The summed E-state index contributed by atoms with van der Waals surface area (Å²) in [6.45, 7) is 9.04. The van der Waals surface area contributed by atoms with E-state index >= 15 is 0 Å². The fourth-order valence-corrected chi connectivity index (χ4v) is 3.32. The maximum Gasteiger partial charge on any atom is 0.252 e. The Balaban J connectivity index is 2.69. The highest BCUT2D eigenvalue weighted by Crippen LogP contribution is 2.29. The Bertz CT molecular complexity index is 422. The lowest BCUT2D eigenvalue weighted by Crippen LogP contribution is -2.37. The van der Waals surface area contributed by atoms with Gasteiger partial charge in [-0.3, -0.25) is 4.79 Å². The van der Waals surface area contributed by atoms with Gasteiger partial charge in [-0.15, -0.1) is 11.3 Å². The van der Waals surface area contributed by atoms with E-state index in [4.69, 9.17) is 0 Å². The molecule has 0 aliphatic carbocycles. The van der Waals surface area contributed by atoms with Gasteiger partial charge in [0.1, 0.15) is 0 Å². The van der Waals surface area contributed by atoms with Crippen LogP contribution >= 0.6 is 11.3 Å². The van der Waals surface area contributed by atoms with Crippen molar-refractivity contribution in [2.24, 2.45) is 5.41 Å². The van der Waals surface area contributed by atoms with Crippen molar-refractivity contribution in [2.45, 2.75) is 47.0 Å². The summed E-state index contributed by atoms with van der Waals surface area (Å²) in [6.07, 6.45) is 2.67. The standard InChI is InChI=1S/C15H25NO2S/c1-5-15(6-2,7-8-17)10-16-14(18)13-9-11(3)19-12(13)4/h9,17H,5-8,10H2,1-4H3,(H,16,18). The van der Waals surface area contributed by atoms with Gasteiger partial charge >= 0.3 is 0 Å². The van der Waals surface area contributed by atoms with Gasteiger partial charge in [0.15, 0.2) is 0 Å². The van der Waals surface area contributed by atoms with E-state index in [2.05, 4.69) is 19.2 Å². The first-order chi connectivity index (χ1) is 8.98. The summed E-state index contributed by atoms with van der Waals surface area (Å²) >= 11 is 1.65. The highest BCUT2D eigenvalue weighted by molar-refractivity contribution is 7.12. The molecule has 1 aromatic heterocycles. The molecule has 0 spiro atoms. The third-order valence-electron chi connectivity index (χ3n) is 4.05. The van der Waals surface area contributed by atoms with E-state index in [-0.39, 0.29) is 17.9 Å². The third-order valence-corrected chi connectivity index (χ3v) is 5.02. The number of nitrogens with one attached hydrogen (secondary N) is 1. The maximum absolute atomic E-state index is 12.2. The second-order valence-electron chi connectivity index (χ2n) is 5.19. The van der Waals surface area contributed by atoms with Crippen LogP contribution in [-0.2, 0) is 0 Å². The van der Waals surface area contributed by atoms with Gasteiger partial charge in [0, 0.05) is 22.9 Å². The SMILES string of the molecule is CCC(CC)(CCO)CNC(=O)c1cc(C)sc1C. The Morgan fingerprint density at radius 1 is 1.37 bits per heavy atom. The van der Waals surface area contributed by atoms with E-state index in [1.54, 1.807) is 11.3 Å². The van der Waals surface area contributed by atoms with Crippen LogP contribution in [0.3, 0.4) is 0 Å². The van der Waals surface area contributed by atoms with Crippen LogP contribution in [0.25, 0.3) is 0 Å². The molecule has 0 aliphatic heterocycles. The average Bonchev–Trinajstić information content (AvgIpc) is 2.73. The summed E-state index contributed by atoms with van der Waals surface area (Å²) in [5, 5.41) is 12.2. The highest BCUT2D eigenvalue weighted by Gasteiger charge is 2.26. The van der Waals surface area contributed by atoms with Gasteiger partial charge in [-0.2, -0.15) is 0 Å². The predicted molar refractivity (Wildman–Crippen MR) is 80.8 cm³/mol. The number of hydrogen-bond donors (Lipinski definition) is 2. The molecule has 1 amide bonds. The van der Waals surface area contributed by atoms with Gasteiger partial charge in [0.05, 0.1) is 5.56 Å². The topological polar surface area (TPSA) is 49.3 Å². The summed E-state index contributed by atoms with van der Waals surface area (Å²) in [6, 6.07) is 1.95. The number of rotatable bonds is 7. The first-order valence-corrected chi connectivity index (χ1v) is 7.75. The van der Waals surface area contributed by atoms with Crippen LogP contribution < -0.4 is 5.32 Å². The number of hydrogen-bond acceptors (Lipinski definition) is 3. The Kier molecular flexibility index (Phi) is 6.01. The highest BCUT2D eigenvalue weighted by atomic mass is 32.1. The summed E-state index contributed by atoms with van der Waals surface area (Å²) in [5.74, 6) is 0.00562. The van der Waals surface area contributed by atoms with E-state index < -0.39 is 0 Å². The third kappa shape index (κ3) is 4.05. The molecule has 19 heavy (non-hydrogen) atoms. The van der Waals surface area contributed by atoms with Crippen molar-refractivity contribution in [1.29, 1.82) is 0 Å². The molecule has 1 heterocycles. The second-order valence-corrected chi connectivity index (χ2v) is 6.65. The van der Waals surface area contributed by atoms with Crippen molar-refractivity contribution in [3.8, 4) is 0 Å². The molecule has 0 unspecified atom stereocenters. The minimum Gasteiger partial charge on any atom is -0.396 e. The number of thiophene rings is 1. The lowest BCUT2D eigenvalue weighted by molar-refractivity contribution is 0.0907. The second kappa shape index (κ2) is 7.06. The Morgan fingerprint density at radius 3 is 2.42 bits per heavy atom. The quantitative estimate of drug-likeness (QED) is 0.807. The Morgan fingerprint density at radius 2 is 2.00 bits per heavy atom. The number of aryl methyl sites for hydroxylation is 2. The molecule has 0 aromatic carbocycles. The molecule has 0 atom stereocenters. The van der Waals surface area contributed by atoms with Crippen LogP contribution in [0.1, 0.15) is 53.2 Å². The normalized spacial score (nSPS) is 11.6. The smallest absolute Gasteiger partial charge is 0.252 e. The number of aliphatic hydroxyl groups is 1. The van der Waals surface area contributed by atoms with Gasteiger partial charge in [-0.05, 0) is 44.6 Å². The average molecular weight is 283 g/mol. The van der Waals surface area contributed by atoms with Crippen molar-refractivity contribution >= 4 is 17.2 Å². The lowest BCUT2D eigenvalue weighted by atomic mass is 9.79. The fourth-order valence-electron chi connectivity index (χ4n) is 2.40. The van der Waals surface area contributed by atoms with Crippen molar-refractivity contribution in [1.82, 2.24) is 5.32 Å². The van der Waals surface area contributed by atoms with Crippen LogP contribution in [0.2, 0.25) is 0 Å². The molecule has 2 N–H and O–H groups in total. The summed E-state index contributed by atoms with van der Waals surface area (Å²) < 4.78 is 0. The molecule has 108 valence electrons. The number of carbonyl (C=O) groups excluding carboxylic acids is 1. The predicted octanol–water partition coefficient (Wildman–Crippen LogP) is 3.28. The van der Waals surface area contributed by atoms with Gasteiger partial charge in [-0.25, -0.2) is 0 Å². The van der Waals surface area contributed by atoms with Gasteiger partial charge < -0.3 is 10.4 Å². The Labute approximate surface area is 120 Å². The first-order valence-electron chi connectivity index (χ1n) is 6.94. The molecule has 1 rings (SSSR count). The number of aliphatic hydroxyl groups excluding tert-OH is 1. The molecule has 1 aromatic rings. The van der Waals surface area contributed by atoms with Crippen LogP contribution in [0.15, 0.2) is 6.07 Å². The van der Waals surface area contributed by atoms with E-state index in [1.165, 1.54) is 0 Å². The minimum atomic E-state index is 0.00562. The summed E-state index contributed by atoms with van der Waals surface area (Å²) in [5.41, 5.74) is 0.802. The first kappa shape index (κ1) is 16.2. The minimum absolute atomic E-state index is 0.00562. The summed E-state index contributed by atoms with van der Waals surface area (Å²) in [7, 11) is 0. The van der Waals surface area contributed by atoms with Gasteiger partial charge in [0.2, 0.25) is 0 Å². The van der Waals surface area contributed by atoms with Crippen LogP contribution in [0.5, 0.6) is 0 Å². The van der Waals surface area contributed by atoms with Gasteiger partial charge in [-0.1, -0.05) is 13.8 Å². The molecule has 4 heteroatoms.